The van der Waals surface area contributed by atoms with Crippen molar-refractivity contribution in [2.24, 2.45) is 11.8 Å². The van der Waals surface area contributed by atoms with Crippen molar-refractivity contribution in [2.45, 2.75) is 52.0 Å². The first kappa shape index (κ1) is 12.7. The summed E-state index contributed by atoms with van der Waals surface area (Å²) in [5.41, 5.74) is 1.33. The predicted octanol–water partition coefficient (Wildman–Crippen LogP) is 4.15. The summed E-state index contributed by atoms with van der Waals surface area (Å²) in [6.07, 6.45) is 10.6. The van der Waals surface area contributed by atoms with E-state index in [9.17, 15) is 0 Å². The quantitative estimate of drug-likeness (QED) is 0.829. The van der Waals surface area contributed by atoms with Gasteiger partial charge in [-0.2, -0.15) is 0 Å². The van der Waals surface area contributed by atoms with E-state index in [1.165, 1.54) is 37.7 Å². The minimum absolute atomic E-state index is 0.490. The van der Waals surface area contributed by atoms with Gasteiger partial charge in [-0.05, 0) is 30.9 Å². The summed E-state index contributed by atoms with van der Waals surface area (Å²) in [7, 11) is 0. The smallest absolute Gasteiger partial charge is 0.0950 e. The van der Waals surface area contributed by atoms with Gasteiger partial charge >= 0.3 is 0 Å². The highest BCUT2D eigenvalue weighted by Gasteiger charge is 2.31. The highest BCUT2D eigenvalue weighted by atomic mass is 16.3. The van der Waals surface area contributed by atoms with Crippen LogP contribution in [0.5, 0.6) is 0 Å². The Kier molecular flexibility index (Phi) is 4.66. The Bertz CT molecular complexity index is 307. The topological polar surface area (TPSA) is 25.2 Å². The number of hydrogen-bond donors (Lipinski definition) is 1. The molecule has 1 saturated carbocycles. The third kappa shape index (κ3) is 2.92. The molecule has 96 valence electrons. The fourth-order valence-corrected chi connectivity index (χ4v) is 3.37. The molecule has 1 N–H and O–H groups in total. The van der Waals surface area contributed by atoms with Gasteiger partial charge in [0.1, 0.15) is 0 Å². The van der Waals surface area contributed by atoms with Crippen LogP contribution in [0, 0.1) is 11.8 Å². The molecule has 2 nitrogen and oxygen atoms in total. The largest absolute Gasteiger partial charge is 0.472 e. The first-order chi connectivity index (χ1) is 8.36. The van der Waals surface area contributed by atoms with E-state index >= 15 is 0 Å². The first-order valence-electron chi connectivity index (χ1n) is 7.12. The van der Waals surface area contributed by atoms with E-state index in [-0.39, 0.29) is 0 Å². The maximum Gasteiger partial charge on any atom is 0.0950 e. The molecule has 17 heavy (non-hydrogen) atoms. The molecule has 1 heterocycles. The normalized spacial score (nSPS) is 26.9. The summed E-state index contributed by atoms with van der Waals surface area (Å²) in [5.74, 6) is 1.66. The maximum atomic E-state index is 5.26. The number of furan rings is 1. The molecule has 1 aliphatic rings. The van der Waals surface area contributed by atoms with Gasteiger partial charge in [-0.1, -0.05) is 39.5 Å². The molecule has 0 aliphatic heterocycles. The van der Waals surface area contributed by atoms with E-state index in [2.05, 4.69) is 25.2 Å². The van der Waals surface area contributed by atoms with Crippen molar-refractivity contribution in [3.8, 4) is 0 Å². The van der Waals surface area contributed by atoms with Crippen LogP contribution in [0.15, 0.2) is 23.0 Å². The Labute approximate surface area is 105 Å². The van der Waals surface area contributed by atoms with Crippen LogP contribution in [-0.4, -0.2) is 6.54 Å². The summed E-state index contributed by atoms with van der Waals surface area (Å²) in [5, 5.41) is 3.66. The molecule has 1 fully saturated rings. The molecule has 0 aromatic carbocycles. The molecule has 0 spiro atoms. The third-order valence-corrected chi connectivity index (χ3v) is 4.25. The average Bonchev–Trinajstić information content (AvgIpc) is 2.89. The fourth-order valence-electron chi connectivity index (χ4n) is 3.37. The average molecular weight is 235 g/mol. The number of nitrogens with one attached hydrogen (secondary N) is 1. The van der Waals surface area contributed by atoms with Crippen molar-refractivity contribution in [3.05, 3.63) is 24.2 Å². The highest BCUT2D eigenvalue weighted by molar-refractivity contribution is 5.13. The molecule has 0 bridgehead atoms. The van der Waals surface area contributed by atoms with E-state index in [4.69, 9.17) is 4.42 Å². The second kappa shape index (κ2) is 6.25. The van der Waals surface area contributed by atoms with Crippen molar-refractivity contribution in [1.82, 2.24) is 5.32 Å². The third-order valence-electron chi connectivity index (χ3n) is 4.25. The van der Waals surface area contributed by atoms with Crippen LogP contribution in [0.3, 0.4) is 0 Å². The molecule has 0 radical (unpaired) electrons. The second-order valence-corrected chi connectivity index (χ2v) is 5.21. The van der Waals surface area contributed by atoms with Gasteiger partial charge in [-0.25, -0.2) is 0 Å². The van der Waals surface area contributed by atoms with Crippen molar-refractivity contribution < 1.29 is 4.42 Å². The number of rotatable bonds is 5. The Balaban J connectivity index is 2.13. The van der Waals surface area contributed by atoms with Crippen LogP contribution in [0.4, 0.5) is 0 Å². The van der Waals surface area contributed by atoms with Crippen LogP contribution in [-0.2, 0) is 0 Å². The molecule has 0 amide bonds. The summed E-state index contributed by atoms with van der Waals surface area (Å²) in [6, 6.07) is 2.61. The standard InChI is InChI=1S/C15H25NO/c1-3-12-7-5-6-8-14(12)15(16-4-2)13-9-10-17-11-13/h9-12,14-16H,3-8H2,1-2H3. The van der Waals surface area contributed by atoms with Crippen molar-refractivity contribution in [3.63, 3.8) is 0 Å². The van der Waals surface area contributed by atoms with Gasteiger partial charge in [-0.15, -0.1) is 0 Å². The SMILES string of the molecule is CCNC(c1ccoc1)C1CCCCC1CC. The molecule has 2 rings (SSSR count). The molecular weight excluding hydrogens is 210 g/mol. The zero-order valence-corrected chi connectivity index (χ0v) is 11.1. The van der Waals surface area contributed by atoms with Gasteiger partial charge < -0.3 is 9.73 Å². The van der Waals surface area contributed by atoms with Crippen molar-refractivity contribution in [1.29, 1.82) is 0 Å². The van der Waals surface area contributed by atoms with Crippen molar-refractivity contribution >= 4 is 0 Å². The fraction of sp³-hybridized carbons (Fsp3) is 0.733. The summed E-state index contributed by atoms with van der Waals surface area (Å²) < 4.78 is 5.26. The van der Waals surface area contributed by atoms with Gasteiger partial charge in [-0.3, -0.25) is 0 Å². The van der Waals surface area contributed by atoms with Gasteiger partial charge in [0, 0.05) is 11.6 Å². The lowest BCUT2D eigenvalue weighted by atomic mass is 9.72. The van der Waals surface area contributed by atoms with Crippen LogP contribution in [0.2, 0.25) is 0 Å². The second-order valence-electron chi connectivity index (χ2n) is 5.21. The van der Waals surface area contributed by atoms with Gasteiger partial charge in [0.15, 0.2) is 0 Å². The maximum absolute atomic E-state index is 5.26. The Morgan fingerprint density at radius 3 is 2.82 bits per heavy atom. The van der Waals surface area contributed by atoms with Crippen LogP contribution in [0.1, 0.15) is 57.6 Å². The molecule has 2 heteroatoms. The Hall–Kier alpha value is -0.760. The molecule has 0 saturated heterocycles. The summed E-state index contributed by atoms with van der Waals surface area (Å²) >= 11 is 0. The van der Waals surface area contributed by atoms with E-state index in [0.717, 1.165) is 18.4 Å². The monoisotopic (exact) mass is 235 g/mol. The summed E-state index contributed by atoms with van der Waals surface area (Å²) in [6.45, 7) is 5.56. The molecule has 3 unspecified atom stereocenters. The molecule has 1 aromatic heterocycles. The minimum Gasteiger partial charge on any atom is -0.472 e. The van der Waals surface area contributed by atoms with Gasteiger partial charge in [0.2, 0.25) is 0 Å². The lowest BCUT2D eigenvalue weighted by Gasteiger charge is -2.37. The van der Waals surface area contributed by atoms with Gasteiger partial charge in [0.05, 0.1) is 12.5 Å². The summed E-state index contributed by atoms with van der Waals surface area (Å²) in [4.78, 5) is 0. The lowest BCUT2D eigenvalue weighted by molar-refractivity contribution is 0.176. The predicted molar refractivity (Wildman–Crippen MR) is 70.9 cm³/mol. The van der Waals surface area contributed by atoms with E-state index in [1.54, 1.807) is 6.26 Å². The molecule has 1 aliphatic carbocycles. The van der Waals surface area contributed by atoms with Crippen molar-refractivity contribution in [2.75, 3.05) is 6.54 Å². The van der Waals surface area contributed by atoms with E-state index in [0.29, 0.717) is 6.04 Å². The molecular formula is C15H25NO. The highest BCUT2D eigenvalue weighted by Crippen LogP contribution is 2.40. The zero-order valence-electron chi connectivity index (χ0n) is 11.1. The zero-order chi connectivity index (χ0) is 12.1. The van der Waals surface area contributed by atoms with Gasteiger partial charge in [0.25, 0.3) is 0 Å². The van der Waals surface area contributed by atoms with Crippen LogP contribution < -0.4 is 5.32 Å². The lowest BCUT2D eigenvalue weighted by Crippen LogP contribution is -2.34. The minimum atomic E-state index is 0.490. The molecule has 3 atom stereocenters. The first-order valence-corrected chi connectivity index (χ1v) is 7.12. The number of hydrogen-bond acceptors (Lipinski definition) is 2. The van der Waals surface area contributed by atoms with E-state index < -0.39 is 0 Å². The van der Waals surface area contributed by atoms with E-state index in [1.807, 2.05) is 6.26 Å². The van der Waals surface area contributed by atoms with Crippen LogP contribution in [0.25, 0.3) is 0 Å². The molecule has 1 aromatic rings. The van der Waals surface area contributed by atoms with Crippen LogP contribution >= 0.6 is 0 Å². The Morgan fingerprint density at radius 2 is 2.18 bits per heavy atom. The Morgan fingerprint density at radius 1 is 1.35 bits per heavy atom.